The van der Waals surface area contributed by atoms with Crippen LogP contribution in [0.1, 0.15) is 10.4 Å². The molecule has 3 N–H and O–H groups in total. The average Bonchev–Trinajstić information content (AvgIpc) is 3.06. The van der Waals surface area contributed by atoms with Crippen molar-refractivity contribution in [3.63, 3.8) is 0 Å². The van der Waals surface area contributed by atoms with E-state index in [1.54, 1.807) is 36.4 Å². The lowest BCUT2D eigenvalue weighted by Crippen LogP contribution is -2.42. The molecule has 0 aliphatic carbocycles. The van der Waals surface area contributed by atoms with Gasteiger partial charge in [0.05, 0.1) is 17.7 Å². The Bertz CT molecular complexity index is 1030. The molecule has 1 amide bonds. The van der Waals surface area contributed by atoms with Crippen LogP contribution in [-0.4, -0.2) is 36.2 Å². The van der Waals surface area contributed by atoms with E-state index < -0.39 is 11.7 Å². The molecule has 0 unspecified atom stereocenters. The van der Waals surface area contributed by atoms with Crippen LogP contribution in [0.5, 0.6) is 0 Å². The van der Waals surface area contributed by atoms with Gasteiger partial charge in [-0.25, -0.2) is 4.79 Å². The predicted molar refractivity (Wildman–Crippen MR) is 98.1 cm³/mol. The Balaban J connectivity index is 1.66. The minimum atomic E-state index is -0.602. The molecule has 0 bridgehead atoms. The zero-order valence-corrected chi connectivity index (χ0v) is 13.9. The molecule has 6 heteroatoms. The Kier molecular flexibility index (Phi) is 4.28. The van der Waals surface area contributed by atoms with Gasteiger partial charge in [0.1, 0.15) is 5.58 Å². The first-order valence-corrected chi connectivity index (χ1v) is 8.45. The van der Waals surface area contributed by atoms with Gasteiger partial charge in [0.2, 0.25) is 0 Å². The lowest BCUT2D eigenvalue weighted by Gasteiger charge is -2.15. The molecule has 132 valence electrons. The van der Waals surface area contributed by atoms with E-state index in [-0.39, 0.29) is 11.9 Å². The largest absolute Gasteiger partial charge is 0.422 e. The number of carbonyl (C=O) groups excluding carboxylic acids is 1. The fourth-order valence-electron chi connectivity index (χ4n) is 3.16. The molecule has 2 heterocycles. The highest BCUT2D eigenvalue weighted by Gasteiger charge is 2.26. The molecule has 1 fully saturated rings. The first-order valence-electron chi connectivity index (χ1n) is 8.45. The molecule has 0 saturated carbocycles. The second kappa shape index (κ2) is 6.74. The number of carbonyl (C=O) groups is 1. The highest BCUT2D eigenvalue weighted by atomic mass is 16.4. The van der Waals surface area contributed by atoms with E-state index in [0.29, 0.717) is 35.4 Å². The number of hydrogen-bond acceptors (Lipinski definition) is 5. The van der Waals surface area contributed by atoms with Crippen molar-refractivity contribution >= 4 is 16.9 Å². The number of amides is 1. The van der Waals surface area contributed by atoms with Crippen molar-refractivity contribution < 1.29 is 14.3 Å². The minimum Gasteiger partial charge on any atom is -0.422 e. The first-order chi connectivity index (χ1) is 12.6. The number of aliphatic hydroxyl groups excluding tert-OH is 1. The van der Waals surface area contributed by atoms with Crippen LogP contribution in [0.4, 0.5) is 0 Å². The Morgan fingerprint density at radius 1 is 1.12 bits per heavy atom. The molecule has 0 spiro atoms. The van der Waals surface area contributed by atoms with Crippen LogP contribution < -0.4 is 16.3 Å². The van der Waals surface area contributed by atoms with Gasteiger partial charge in [0.25, 0.3) is 5.91 Å². The van der Waals surface area contributed by atoms with Crippen LogP contribution in [0.3, 0.4) is 0 Å². The Labute approximate surface area is 149 Å². The minimum absolute atomic E-state index is 0.287. The van der Waals surface area contributed by atoms with E-state index in [4.69, 9.17) is 4.42 Å². The fourth-order valence-corrected chi connectivity index (χ4v) is 3.16. The van der Waals surface area contributed by atoms with E-state index in [2.05, 4.69) is 10.6 Å². The molecule has 2 aromatic carbocycles. The number of aliphatic hydroxyl groups is 1. The van der Waals surface area contributed by atoms with E-state index in [1.807, 2.05) is 18.2 Å². The second-order valence-corrected chi connectivity index (χ2v) is 6.37. The van der Waals surface area contributed by atoms with Crippen molar-refractivity contribution in [3.8, 4) is 11.1 Å². The SMILES string of the molecule is O=C(N[C@H]1CNC[C@H]1O)c1cccc(-c2cc3ccccc3oc2=O)c1. The van der Waals surface area contributed by atoms with Gasteiger partial charge >= 0.3 is 5.63 Å². The van der Waals surface area contributed by atoms with Crippen LogP contribution in [0, 0.1) is 0 Å². The summed E-state index contributed by atoms with van der Waals surface area (Å²) in [7, 11) is 0. The standard InChI is InChI=1S/C20H18N2O4/c23-17-11-21-10-16(17)22-19(24)14-6-3-5-12(8-14)15-9-13-4-1-2-7-18(13)26-20(15)25/h1-9,16-17,21,23H,10-11H2,(H,22,24)/t16-,17+/m0/s1. The maximum absolute atomic E-state index is 12.5. The zero-order chi connectivity index (χ0) is 18.1. The number of fused-ring (bicyclic) bond motifs is 1. The molecule has 4 rings (SSSR count). The van der Waals surface area contributed by atoms with E-state index in [0.717, 1.165) is 5.39 Å². The van der Waals surface area contributed by atoms with Gasteiger partial charge in [-0.05, 0) is 29.8 Å². The summed E-state index contributed by atoms with van der Waals surface area (Å²) in [5.41, 5.74) is 1.52. The number of hydrogen-bond donors (Lipinski definition) is 3. The lowest BCUT2D eigenvalue weighted by molar-refractivity contribution is 0.0888. The van der Waals surface area contributed by atoms with Crippen LogP contribution >= 0.6 is 0 Å². The number of nitrogens with one attached hydrogen (secondary N) is 2. The Morgan fingerprint density at radius 3 is 2.77 bits per heavy atom. The molecule has 2 atom stereocenters. The third-order valence-corrected chi connectivity index (χ3v) is 4.58. The van der Waals surface area contributed by atoms with Gasteiger partial charge < -0.3 is 20.2 Å². The van der Waals surface area contributed by atoms with Crippen molar-refractivity contribution in [3.05, 3.63) is 70.6 Å². The smallest absolute Gasteiger partial charge is 0.344 e. The molecule has 3 aromatic rings. The summed E-state index contributed by atoms with van der Waals surface area (Å²) in [5, 5.41) is 16.5. The first kappa shape index (κ1) is 16.5. The van der Waals surface area contributed by atoms with Crippen LogP contribution in [-0.2, 0) is 0 Å². The summed E-state index contributed by atoms with van der Waals surface area (Å²) in [5.74, 6) is -0.287. The highest BCUT2D eigenvalue weighted by molar-refractivity contribution is 5.96. The van der Waals surface area contributed by atoms with Crippen LogP contribution in [0.15, 0.2) is 63.8 Å². The number of rotatable bonds is 3. The van der Waals surface area contributed by atoms with Gasteiger partial charge in [-0.1, -0.05) is 30.3 Å². The molecular formula is C20H18N2O4. The maximum atomic E-state index is 12.5. The summed E-state index contributed by atoms with van der Waals surface area (Å²) < 4.78 is 5.37. The zero-order valence-electron chi connectivity index (χ0n) is 13.9. The van der Waals surface area contributed by atoms with Crippen molar-refractivity contribution in [2.75, 3.05) is 13.1 Å². The van der Waals surface area contributed by atoms with Crippen molar-refractivity contribution in [1.82, 2.24) is 10.6 Å². The van der Waals surface area contributed by atoms with E-state index in [9.17, 15) is 14.7 Å². The molecule has 1 aliphatic rings. The third kappa shape index (κ3) is 3.12. The lowest BCUT2D eigenvalue weighted by atomic mass is 10.0. The fraction of sp³-hybridized carbons (Fsp3) is 0.200. The Morgan fingerprint density at radius 2 is 1.96 bits per heavy atom. The van der Waals surface area contributed by atoms with Gasteiger partial charge in [0.15, 0.2) is 0 Å². The summed E-state index contributed by atoms with van der Waals surface area (Å²) >= 11 is 0. The van der Waals surface area contributed by atoms with Gasteiger partial charge in [-0.3, -0.25) is 4.79 Å². The summed E-state index contributed by atoms with van der Waals surface area (Å²) in [4.78, 5) is 24.8. The quantitative estimate of drug-likeness (QED) is 0.623. The van der Waals surface area contributed by atoms with Gasteiger partial charge in [-0.15, -0.1) is 0 Å². The number of β-amino-alcohol motifs (C(OH)–C–C–N with tert-alkyl or cyclic N) is 1. The van der Waals surface area contributed by atoms with Crippen molar-refractivity contribution in [1.29, 1.82) is 0 Å². The van der Waals surface area contributed by atoms with Gasteiger partial charge in [-0.2, -0.15) is 0 Å². The van der Waals surface area contributed by atoms with Crippen molar-refractivity contribution in [2.45, 2.75) is 12.1 Å². The number of para-hydroxylation sites is 1. The van der Waals surface area contributed by atoms with E-state index in [1.165, 1.54) is 0 Å². The second-order valence-electron chi connectivity index (χ2n) is 6.37. The van der Waals surface area contributed by atoms with E-state index >= 15 is 0 Å². The molecule has 6 nitrogen and oxygen atoms in total. The maximum Gasteiger partial charge on any atom is 0.344 e. The number of benzene rings is 2. The third-order valence-electron chi connectivity index (χ3n) is 4.58. The average molecular weight is 350 g/mol. The van der Waals surface area contributed by atoms with Crippen LogP contribution in [0.25, 0.3) is 22.1 Å². The molecule has 1 aromatic heterocycles. The topological polar surface area (TPSA) is 91.6 Å². The summed E-state index contributed by atoms with van der Waals surface area (Å²) in [6, 6.07) is 15.6. The summed E-state index contributed by atoms with van der Waals surface area (Å²) in [6.07, 6.45) is -0.602. The van der Waals surface area contributed by atoms with Crippen LogP contribution in [0.2, 0.25) is 0 Å². The predicted octanol–water partition coefficient (Wildman–Crippen LogP) is 1.52. The molecule has 1 saturated heterocycles. The van der Waals surface area contributed by atoms with Crippen molar-refractivity contribution in [2.24, 2.45) is 0 Å². The molecule has 0 radical (unpaired) electrons. The monoisotopic (exact) mass is 350 g/mol. The summed E-state index contributed by atoms with van der Waals surface area (Å²) in [6.45, 7) is 0.990. The Hall–Kier alpha value is -2.96. The van der Waals surface area contributed by atoms with Gasteiger partial charge in [0, 0.05) is 24.0 Å². The normalized spacial score (nSPS) is 19.6. The highest BCUT2D eigenvalue weighted by Crippen LogP contribution is 2.22. The molecule has 26 heavy (non-hydrogen) atoms. The molecule has 1 aliphatic heterocycles. The molecular weight excluding hydrogens is 332 g/mol.